The number of hydrogen-bond acceptors (Lipinski definition) is 4. The first kappa shape index (κ1) is 16.6. The summed E-state index contributed by atoms with van der Waals surface area (Å²) in [5.74, 6) is 0.549. The Morgan fingerprint density at radius 3 is 2.67 bits per heavy atom. The van der Waals surface area contributed by atoms with Crippen LogP contribution in [0.4, 0.5) is 5.69 Å². The number of carbonyl (C=O) groups excluding carboxylic acids is 1. The second-order valence-corrected chi connectivity index (χ2v) is 7.08. The number of amides is 1. The molecule has 0 radical (unpaired) electrons. The number of thiophene rings is 1. The first-order valence-corrected chi connectivity index (χ1v) is 8.84. The third-order valence-corrected chi connectivity index (χ3v) is 4.86. The van der Waals surface area contributed by atoms with Crippen LogP contribution in [0.1, 0.15) is 24.1 Å². The molecular weight excluding hydrogens is 340 g/mol. The van der Waals surface area contributed by atoms with Crippen LogP contribution in [0.15, 0.2) is 35.7 Å². The van der Waals surface area contributed by atoms with Gasteiger partial charge in [0.25, 0.3) is 0 Å². The molecule has 0 aliphatic rings. The van der Waals surface area contributed by atoms with Crippen molar-refractivity contribution in [2.45, 2.75) is 26.8 Å². The van der Waals surface area contributed by atoms with Crippen LogP contribution >= 0.6 is 23.6 Å². The van der Waals surface area contributed by atoms with E-state index in [1.807, 2.05) is 50.4 Å². The van der Waals surface area contributed by atoms with Crippen LogP contribution in [0.2, 0.25) is 0 Å². The van der Waals surface area contributed by atoms with Gasteiger partial charge in [-0.3, -0.25) is 14.5 Å². The molecule has 3 rings (SSSR count). The first-order valence-electron chi connectivity index (χ1n) is 7.55. The summed E-state index contributed by atoms with van der Waals surface area (Å²) < 4.78 is 2.18. The summed E-state index contributed by atoms with van der Waals surface area (Å²) in [6.45, 7) is 5.83. The van der Waals surface area contributed by atoms with E-state index in [9.17, 15) is 4.79 Å². The molecule has 124 valence electrons. The zero-order valence-electron chi connectivity index (χ0n) is 13.7. The summed E-state index contributed by atoms with van der Waals surface area (Å²) in [4.78, 5) is 13.7. The molecular formula is C17H18N4OS2. The minimum atomic E-state index is -0.478. The van der Waals surface area contributed by atoms with Crippen LogP contribution in [-0.4, -0.2) is 20.7 Å². The second-order valence-electron chi connectivity index (χ2n) is 5.74. The van der Waals surface area contributed by atoms with Crippen molar-refractivity contribution in [2.75, 3.05) is 5.32 Å². The number of nitrogens with zero attached hydrogens (tertiary/aromatic N) is 2. The Morgan fingerprint density at radius 1 is 1.33 bits per heavy atom. The molecule has 24 heavy (non-hydrogen) atoms. The Bertz CT molecular complexity index is 904. The Hall–Kier alpha value is -2.25. The van der Waals surface area contributed by atoms with Gasteiger partial charge in [-0.2, -0.15) is 5.10 Å². The van der Waals surface area contributed by atoms with Crippen molar-refractivity contribution in [1.29, 1.82) is 0 Å². The molecule has 0 aliphatic heterocycles. The van der Waals surface area contributed by atoms with E-state index in [0.717, 1.165) is 21.7 Å². The summed E-state index contributed by atoms with van der Waals surface area (Å²) in [5.41, 5.74) is 3.01. The number of anilines is 1. The van der Waals surface area contributed by atoms with Crippen LogP contribution in [0.25, 0.3) is 10.7 Å². The Kier molecular flexibility index (Phi) is 4.64. The van der Waals surface area contributed by atoms with Gasteiger partial charge in [0.15, 0.2) is 10.6 Å². The standard InChI is InChI=1S/C17H18N4OS2/c1-10-7-11(2)9-13(8-10)18-16(22)12(3)21-15(19-20-17(21)23)14-5-4-6-24-14/h4-9,12H,1-3H3,(H,18,22)(H,20,23)/t12-/m1/s1. The molecule has 0 saturated heterocycles. The molecule has 1 aromatic carbocycles. The molecule has 0 aliphatic carbocycles. The van der Waals surface area contributed by atoms with Crippen molar-refractivity contribution in [2.24, 2.45) is 0 Å². The maximum Gasteiger partial charge on any atom is 0.247 e. The highest BCUT2D eigenvalue weighted by molar-refractivity contribution is 7.71. The molecule has 0 fully saturated rings. The molecule has 7 heteroatoms. The molecule has 1 amide bonds. The van der Waals surface area contributed by atoms with Gasteiger partial charge in [0.05, 0.1) is 4.88 Å². The lowest BCUT2D eigenvalue weighted by atomic mass is 10.1. The van der Waals surface area contributed by atoms with Crippen molar-refractivity contribution in [3.63, 3.8) is 0 Å². The van der Waals surface area contributed by atoms with Gasteiger partial charge < -0.3 is 5.32 Å². The van der Waals surface area contributed by atoms with Crippen LogP contribution in [-0.2, 0) is 4.79 Å². The van der Waals surface area contributed by atoms with E-state index in [1.54, 1.807) is 15.9 Å². The van der Waals surface area contributed by atoms with Gasteiger partial charge in [-0.15, -0.1) is 11.3 Å². The molecule has 3 aromatic rings. The monoisotopic (exact) mass is 358 g/mol. The molecule has 0 saturated carbocycles. The highest BCUT2D eigenvalue weighted by Gasteiger charge is 2.21. The third kappa shape index (κ3) is 3.32. The molecule has 2 heterocycles. The fraction of sp³-hybridized carbons (Fsp3) is 0.235. The number of aromatic nitrogens is 3. The van der Waals surface area contributed by atoms with Gasteiger partial charge in [-0.1, -0.05) is 12.1 Å². The van der Waals surface area contributed by atoms with E-state index in [2.05, 4.69) is 21.6 Å². The van der Waals surface area contributed by atoms with E-state index >= 15 is 0 Å². The zero-order chi connectivity index (χ0) is 17.3. The summed E-state index contributed by atoms with van der Waals surface area (Å²) in [7, 11) is 0. The number of nitrogens with one attached hydrogen (secondary N) is 2. The quantitative estimate of drug-likeness (QED) is 0.676. The second kappa shape index (κ2) is 6.70. The molecule has 1 atom stereocenters. The van der Waals surface area contributed by atoms with E-state index < -0.39 is 6.04 Å². The van der Waals surface area contributed by atoms with E-state index in [1.165, 1.54) is 0 Å². The van der Waals surface area contributed by atoms with Gasteiger partial charge in [0.1, 0.15) is 6.04 Å². The lowest BCUT2D eigenvalue weighted by Gasteiger charge is -2.16. The fourth-order valence-electron chi connectivity index (χ4n) is 2.65. The number of benzene rings is 1. The van der Waals surface area contributed by atoms with E-state index in [-0.39, 0.29) is 5.91 Å². The number of H-pyrrole nitrogens is 1. The SMILES string of the molecule is Cc1cc(C)cc(NC(=O)[C@@H](C)n2c(-c3cccs3)n[nH]c2=S)c1. The largest absolute Gasteiger partial charge is 0.324 e. The number of rotatable bonds is 4. The van der Waals surface area contributed by atoms with Crippen molar-refractivity contribution >= 4 is 35.1 Å². The average molecular weight is 358 g/mol. The van der Waals surface area contributed by atoms with Gasteiger partial charge >= 0.3 is 0 Å². The molecule has 0 unspecified atom stereocenters. The van der Waals surface area contributed by atoms with Crippen LogP contribution in [0, 0.1) is 18.6 Å². The van der Waals surface area contributed by atoms with Crippen LogP contribution in [0.5, 0.6) is 0 Å². The van der Waals surface area contributed by atoms with Gasteiger partial charge in [-0.25, -0.2) is 0 Å². The molecule has 0 bridgehead atoms. The Labute approximate surface area is 149 Å². The molecule has 5 nitrogen and oxygen atoms in total. The number of hydrogen-bond donors (Lipinski definition) is 2. The van der Waals surface area contributed by atoms with Crippen molar-refractivity contribution in [3.8, 4) is 10.7 Å². The summed E-state index contributed by atoms with van der Waals surface area (Å²) in [6.07, 6.45) is 0. The predicted octanol–water partition coefficient (Wildman–Crippen LogP) is 4.49. The topological polar surface area (TPSA) is 62.7 Å². The number of aromatic amines is 1. The summed E-state index contributed by atoms with van der Waals surface area (Å²) in [6, 6.07) is 9.40. The van der Waals surface area contributed by atoms with Crippen LogP contribution < -0.4 is 5.32 Å². The maximum absolute atomic E-state index is 12.7. The normalized spacial score (nSPS) is 12.1. The minimum Gasteiger partial charge on any atom is -0.324 e. The highest BCUT2D eigenvalue weighted by atomic mass is 32.1. The van der Waals surface area contributed by atoms with Crippen molar-refractivity contribution < 1.29 is 4.79 Å². The zero-order valence-corrected chi connectivity index (χ0v) is 15.3. The third-order valence-electron chi connectivity index (χ3n) is 3.70. The Morgan fingerprint density at radius 2 is 2.04 bits per heavy atom. The van der Waals surface area contributed by atoms with Crippen LogP contribution in [0.3, 0.4) is 0 Å². The van der Waals surface area contributed by atoms with Crippen molar-refractivity contribution in [1.82, 2.24) is 14.8 Å². The van der Waals surface area contributed by atoms with Crippen molar-refractivity contribution in [3.05, 3.63) is 51.6 Å². The highest BCUT2D eigenvalue weighted by Crippen LogP contribution is 2.26. The van der Waals surface area contributed by atoms with E-state index in [4.69, 9.17) is 12.2 Å². The number of aryl methyl sites for hydroxylation is 2. The molecule has 2 N–H and O–H groups in total. The first-order chi connectivity index (χ1) is 11.5. The molecule has 0 spiro atoms. The smallest absolute Gasteiger partial charge is 0.247 e. The summed E-state index contributed by atoms with van der Waals surface area (Å²) >= 11 is 6.88. The number of carbonyl (C=O) groups is 1. The minimum absolute atomic E-state index is 0.129. The average Bonchev–Trinajstić information content (AvgIpc) is 3.14. The molecule has 2 aromatic heterocycles. The Balaban J connectivity index is 1.89. The fourth-order valence-corrected chi connectivity index (χ4v) is 3.65. The van der Waals surface area contributed by atoms with Gasteiger partial charge in [0.2, 0.25) is 5.91 Å². The lowest BCUT2D eigenvalue weighted by molar-refractivity contribution is -0.118. The predicted molar refractivity (Wildman–Crippen MR) is 100.0 cm³/mol. The van der Waals surface area contributed by atoms with Gasteiger partial charge in [0, 0.05) is 5.69 Å². The summed E-state index contributed by atoms with van der Waals surface area (Å²) in [5, 5.41) is 12.0. The van der Waals surface area contributed by atoms with E-state index in [0.29, 0.717) is 10.6 Å². The van der Waals surface area contributed by atoms with Gasteiger partial charge in [-0.05, 0) is 67.7 Å². The maximum atomic E-state index is 12.7. The lowest BCUT2D eigenvalue weighted by Crippen LogP contribution is -2.24.